The minimum Gasteiger partial charge on any atom is -0.430 e. The van der Waals surface area contributed by atoms with Crippen molar-refractivity contribution in [2.24, 2.45) is 0 Å². The van der Waals surface area contributed by atoms with E-state index in [9.17, 15) is 10.1 Å². The van der Waals surface area contributed by atoms with E-state index in [4.69, 9.17) is 16.3 Å². The predicted octanol–water partition coefficient (Wildman–Crippen LogP) is 3.47. The van der Waals surface area contributed by atoms with Crippen LogP contribution in [0.4, 0.5) is 5.69 Å². The van der Waals surface area contributed by atoms with Crippen LogP contribution in [-0.2, 0) is 0 Å². The van der Waals surface area contributed by atoms with Gasteiger partial charge >= 0.3 is 5.69 Å². The molecular formula is C11H5BrClN5O3. The molecule has 1 N–H and O–H groups in total. The fourth-order valence-electron chi connectivity index (χ4n) is 1.70. The van der Waals surface area contributed by atoms with Crippen LogP contribution in [0.3, 0.4) is 0 Å². The molecule has 10 heteroatoms. The monoisotopic (exact) mass is 369 g/mol. The first-order valence-corrected chi connectivity index (χ1v) is 6.70. The molecule has 0 aliphatic heterocycles. The van der Waals surface area contributed by atoms with Crippen LogP contribution >= 0.6 is 27.5 Å². The molecule has 0 saturated heterocycles. The number of para-hydroxylation sites is 1. The van der Waals surface area contributed by atoms with Crippen molar-refractivity contribution in [2.75, 3.05) is 0 Å². The van der Waals surface area contributed by atoms with Crippen molar-refractivity contribution < 1.29 is 9.66 Å². The second kappa shape index (κ2) is 5.26. The highest BCUT2D eigenvalue weighted by Gasteiger charge is 2.21. The number of fused-ring (bicyclic) bond motifs is 1. The van der Waals surface area contributed by atoms with Crippen LogP contribution in [0.5, 0.6) is 11.6 Å². The number of rotatable bonds is 3. The van der Waals surface area contributed by atoms with Gasteiger partial charge in [0.05, 0.1) is 15.6 Å². The number of H-pyrrole nitrogens is 1. The Balaban J connectivity index is 2.15. The van der Waals surface area contributed by atoms with Gasteiger partial charge in [-0.3, -0.25) is 15.2 Å². The summed E-state index contributed by atoms with van der Waals surface area (Å²) in [6.45, 7) is 0. The Hall–Kier alpha value is -2.26. The molecule has 106 valence electrons. The summed E-state index contributed by atoms with van der Waals surface area (Å²) in [5, 5.41) is 17.9. The van der Waals surface area contributed by atoms with Crippen LogP contribution in [0.1, 0.15) is 0 Å². The molecule has 0 radical (unpaired) electrons. The van der Waals surface area contributed by atoms with Gasteiger partial charge in [0.1, 0.15) is 5.39 Å². The number of halogens is 2. The quantitative estimate of drug-likeness (QED) is 0.430. The van der Waals surface area contributed by atoms with E-state index >= 15 is 0 Å². The van der Waals surface area contributed by atoms with E-state index in [1.165, 1.54) is 18.3 Å². The van der Waals surface area contributed by atoms with Crippen molar-refractivity contribution in [1.29, 1.82) is 0 Å². The third-order valence-electron chi connectivity index (χ3n) is 2.59. The van der Waals surface area contributed by atoms with Gasteiger partial charge in [0.15, 0.2) is 5.65 Å². The van der Waals surface area contributed by atoms with Gasteiger partial charge < -0.3 is 4.74 Å². The molecule has 0 aliphatic rings. The van der Waals surface area contributed by atoms with Gasteiger partial charge in [-0.2, -0.15) is 15.1 Å². The molecule has 1 aromatic carbocycles. The standard InChI is InChI=1S/C11H5BrClN5O3/c12-6-2-1-3-7(18(19)20)8(6)21-10-5-4-14-17-9(5)15-11(13)16-10/h1-4H,(H,14,15,16,17). The summed E-state index contributed by atoms with van der Waals surface area (Å²) in [4.78, 5) is 18.4. The Morgan fingerprint density at radius 3 is 2.95 bits per heavy atom. The van der Waals surface area contributed by atoms with Crippen molar-refractivity contribution in [3.05, 3.63) is 44.3 Å². The molecule has 0 atom stereocenters. The number of nitro groups is 1. The molecule has 3 rings (SSSR count). The average molecular weight is 371 g/mol. The van der Waals surface area contributed by atoms with Crippen LogP contribution in [0, 0.1) is 10.1 Å². The Labute approximate surface area is 130 Å². The van der Waals surface area contributed by atoms with E-state index in [1.807, 2.05) is 0 Å². The van der Waals surface area contributed by atoms with Crippen LogP contribution in [0.2, 0.25) is 5.28 Å². The maximum Gasteiger partial charge on any atom is 0.312 e. The third kappa shape index (κ3) is 2.52. The van der Waals surface area contributed by atoms with Gasteiger partial charge in [-0.15, -0.1) is 0 Å². The van der Waals surface area contributed by atoms with Gasteiger partial charge in [0, 0.05) is 6.07 Å². The summed E-state index contributed by atoms with van der Waals surface area (Å²) in [6.07, 6.45) is 1.45. The maximum atomic E-state index is 11.1. The zero-order chi connectivity index (χ0) is 15.0. The van der Waals surface area contributed by atoms with Gasteiger partial charge in [0.25, 0.3) is 0 Å². The number of nitrogens with one attached hydrogen (secondary N) is 1. The number of nitrogens with zero attached hydrogens (tertiary/aromatic N) is 4. The third-order valence-corrected chi connectivity index (χ3v) is 3.38. The highest BCUT2D eigenvalue weighted by molar-refractivity contribution is 9.10. The van der Waals surface area contributed by atoms with Gasteiger partial charge in [-0.05, 0) is 33.6 Å². The molecule has 2 aromatic heterocycles. The Bertz CT molecular complexity index is 853. The molecular weight excluding hydrogens is 366 g/mol. The molecule has 0 aliphatic carbocycles. The maximum absolute atomic E-state index is 11.1. The summed E-state index contributed by atoms with van der Waals surface area (Å²) in [5.41, 5.74) is 0.176. The fourth-order valence-corrected chi connectivity index (χ4v) is 2.30. The van der Waals surface area contributed by atoms with E-state index in [-0.39, 0.29) is 22.6 Å². The summed E-state index contributed by atoms with van der Waals surface area (Å²) < 4.78 is 5.99. The first-order valence-electron chi connectivity index (χ1n) is 5.53. The number of aromatic nitrogens is 4. The van der Waals surface area contributed by atoms with Crippen LogP contribution < -0.4 is 4.74 Å². The zero-order valence-electron chi connectivity index (χ0n) is 10.1. The summed E-state index contributed by atoms with van der Waals surface area (Å²) in [7, 11) is 0. The molecule has 0 bridgehead atoms. The zero-order valence-corrected chi connectivity index (χ0v) is 12.4. The molecule has 8 nitrogen and oxygen atoms in total. The minimum absolute atomic E-state index is 0.0276. The van der Waals surface area contributed by atoms with E-state index in [0.717, 1.165) is 0 Å². The number of benzene rings is 1. The lowest BCUT2D eigenvalue weighted by molar-refractivity contribution is -0.385. The van der Waals surface area contributed by atoms with Gasteiger partial charge in [0.2, 0.25) is 16.9 Å². The normalized spacial score (nSPS) is 10.8. The summed E-state index contributed by atoms with van der Waals surface area (Å²) in [6, 6.07) is 4.49. The van der Waals surface area contributed by atoms with E-state index < -0.39 is 4.92 Å². The van der Waals surface area contributed by atoms with E-state index in [2.05, 4.69) is 36.1 Å². The Morgan fingerprint density at radius 1 is 1.38 bits per heavy atom. The molecule has 21 heavy (non-hydrogen) atoms. The second-order valence-electron chi connectivity index (χ2n) is 3.88. The topological polar surface area (TPSA) is 107 Å². The first kappa shape index (κ1) is 13.7. The van der Waals surface area contributed by atoms with Crippen LogP contribution in [0.15, 0.2) is 28.9 Å². The molecule has 0 fully saturated rings. The van der Waals surface area contributed by atoms with E-state index in [1.54, 1.807) is 6.07 Å². The number of ether oxygens (including phenoxy) is 1. The van der Waals surface area contributed by atoms with Crippen LogP contribution in [0.25, 0.3) is 11.0 Å². The second-order valence-corrected chi connectivity index (χ2v) is 5.07. The SMILES string of the molecule is O=[N+]([O-])c1cccc(Br)c1Oc1nc(Cl)nc2[nH]ncc12. The largest absolute Gasteiger partial charge is 0.430 e. The van der Waals surface area contributed by atoms with Gasteiger partial charge in [-0.1, -0.05) is 6.07 Å². The van der Waals surface area contributed by atoms with Crippen molar-refractivity contribution in [3.63, 3.8) is 0 Å². The Kier molecular flexibility index (Phi) is 3.43. The summed E-state index contributed by atoms with van der Waals surface area (Å²) in [5.74, 6) is 0.105. The first-order chi connectivity index (χ1) is 10.1. The van der Waals surface area contributed by atoms with Crippen LogP contribution in [-0.4, -0.2) is 25.1 Å². The highest BCUT2D eigenvalue weighted by atomic mass is 79.9. The molecule has 0 unspecified atom stereocenters. The molecule has 0 spiro atoms. The smallest absolute Gasteiger partial charge is 0.312 e. The number of hydrogen-bond donors (Lipinski definition) is 1. The molecule has 2 heterocycles. The Morgan fingerprint density at radius 2 is 2.19 bits per heavy atom. The highest BCUT2D eigenvalue weighted by Crippen LogP contribution is 2.39. The number of aromatic amines is 1. The van der Waals surface area contributed by atoms with Crippen molar-refractivity contribution in [2.45, 2.75) is 0 Å². The lowest BCUT2D eigenvalue weighted by atomic mass is 10.3. The lowest BCUT2D eigenvalue weighted by Crippen LogP contribution is -1.97. The number of nitro benzene ring substituents is 1. The number of hydrogen-bond acceptors (Lipinski definition) is 6. The molecule has 0 amide bonds. The molecule has 3 aromatic rings. The van der Waals surface area contributed by atoms with Gasteiger partial charge in [-0.25, -0.2) is 0 Å². The van der Waals surface area contributed by atoms with Crippen molar-refractivity contribution >= 4 is 44.3 Å². The average Bonchev–Trinajstić information content (AvgIpc) is 2.88. The van der Waals surface area contributed by atoms with Crippen molar-refractivity contribution in [1.82, 2.24) is 20.2 Å². The van der Waals surface area contributed by atoms with Crippen molar-refractivity contribution in [3.8, 4) is 11.6 Å². The minimum atomic E-state index is -0.546. The predicted molar refractivity (Wildman–Crippen MR) is 77.6 cm³/mol. The van der Waals surface area contributed by atoms with E-state index in [0.29, 0.717) is 15.5 Å². The fraction of sp³-hybridized carbons (Fsp3) is 0. The summed E-state index contributed by atoms with van der Waals surface area (Å²) >= 11 is 9.01. The lowest BCUT2D eigenvalue weighted by Gasteiger charge is -2.08. The molecule has 0 saturated carbocycles.